The molecule has 4 nitrogen and oxygen atoms in total. The van der Waals surface area contributed by atoms with Gasteiger partial charge in [0.1, 0.15) is 11.6 Å². The van der Waals surface area contributed by atoms with Crippen molar-refractivity contribution in [2.75, 3.05) is 6.61 Å². The molecule has 0 radical (unpaired) electrons. The van der Waals surface area contributed by atoms with Crippen LogP contribution in [0.5, 0.6) is 5.75 Å². The van der Waals surface area contributed by atoms with Gasteiger partial charge in [-0.15, -0.1) is 0 Å². The van der Waals surface area contributed by atoms with Gasteiger partial charge in [0, 0.05) is 17.1 Å². The first-order valence-corrected chi connectivity index (χ1v) is 10.9. The van der Waals surface area contributed by atoms with Crippen molar-refractivity contribution in [3.8, 4) is 17.1 Å². The van der Waals surface area contributed by atoms with Crippen LogP contribution in [0.3, 0.4) is 0 Å². The van der Waals surface area contributed by atoms with Gasteiger partial charge < -0.3 is 4.74 Å². The van der Waals surface area contributed by atoms with Gasteiger partial charge >= 0.3 is 0 Å². The van der Waals surface area contributed by atoms with Gasteiger partial charge in [0.05, 0.1) is 22.0 Å². The average molecular weight is 484 g/mol. The Labute approximate surface area is 188 Å². The molecule has 1 aromatic heterocycles. The number of fused-ring (bicyclic) bond motifs is 1. The quantitative estimate of drug-likeness (QED) is 0.288. The molecule has 0 aliphatic rings. The number of benzene rings is 3. The molecule has 0 aliphatic carbocycles. The Morgan fingerprint density at radius 1 is 0.933 bits per heavy atom. The zero-order valence-electron chi connectivity index (χ0n) is 16.2. The molecule has 0 saturated carbocycles. The number of halogens is 2. The lowest BCUT2D eigenvalue weighted by molar-refractivity contribution is 0.301. The molecule has 0 saturated heterocycles. The molecule has 0 unspecified atom stereocenters. The summed E-state index contributed by atoms with van der Waals surface area (Å²) in [7, 11) is 0. The summed E-state index contributed by atoms with van der Waals surface area (Å²) in [5, 5.41) is 1.28. The number of rotatable bonds is 7. The standard InChI is InChI=1S/C24H20BrClN2O2/c25-20-8-2-4-10-22(20)30-16-6-5-15-28-23(17-11-13-18(26)14-12-17)27-21-9-3-1-7-19(21)24(28)29/h1-4,7-14H,5-6,15-16H2. The summed E-state index contributed by atoms with van der Waals surface area (Å²) in [6.07, 6.45) is 1.62. The Morgan fingerprint density at radius 3 is 2.47 bits per heavy atom. The van der Waals surface area contributed by atoms with Gasteiger partial charge in [0.25, 0.3) is 5.56 Å². The summed E-state index contributed by atoms with van der Waals surface area (Å²) >= 11 is 9.53. The van der Waals surface area contributed by atoms with Crippen molar-refractivity contribution >= 4 is 38.4 Å². The lowest BCUT2D eigenvalue weighted by Gasteiger charge is -2.14. The predicted octanol–water partition coefficient (Wildman–Crippen LogP) is 6.34. The highest BCUT2D eigenvalue weighted by Crippen LogP contribution is 2.24. The first-order valence-electron chi connectivity index (χ1n) is 9.76. The van der Waals surface area contributed by atoms with Gasteiger partial charge in [-0.3, -0.25) is 9.36 Å². The molecule has 0 fully saturated rings. The summed E-state index contributed by atoms with van der Waals surface area (Å²) in [6, 6.07) is 22.6. The van der Waals surface area contributed by atoms with Crippen molar-refractivity contribution < 1.29 is 4.74 Å². The fourth-order valence-electron chi connectivity index (χ4n) is 3.31. The molecule has 4 aromatic rings. The summed E-state index contributed by atoms with van der Waals surface area (Å²) < 4.78 is 8.53. The second kappa shape index (κ2) is 9.45. The van der Waals surface area contributed by atoms with Crippen LogP contribution in [0.15, 0.2) is 82.1 Å². The van der Waals surface area contributed by atoms with Crippen molar-refractivity contribution in [1.82, 2.24) is 9.55 Å². The summed E-state index contributed by atoms with van der Waals surface area (Å²) in [4.78, 5) is 18.0. The Balaban J connectivity index is 1.55. The fraction of sp³-hybridized carbons (Fsp3) is 0.167. The van der Waals surface area contributed by atoms with Gasteiger partial charge in [-0.2, -0.15) is 0 Å². The molecule has 4 rings (SSSR count). The number of unbranched alkanes of at least 4 members (excludes halogenated alkanes) is 1. The molecule has 0 spiro atoms. The number of ether oxygens (including phenoxy) is 1. The second-order valence-electron chi connectivity index (χ2n) is 6.90. The summed E-state index contributed by atoms with van der Waals surface area (Å²) in [5.41, 5.74) is 1.53. The minimum atomic E-state index is -0.0303. The van der Waals surface area contributed by atoms with Crippen molar-refractivity contribution in [2.24, 2.45) is 0 Å². The molecular formula is C24H20BrClN2O2. The molecule has 0 bridgehead atoms. The molecular weight excluding hydrogens is 464 g/mol. The maximum atomic E-state index is 13.2. The highest BCUT2D eigenvalue weighted by atomic mass is 79.9. The van der Waals surface area contributed by atoms with E-state index >= 15 is 0 Å². The highest BCUT2D eigenvalue weighted by molar-refractivity contribution is 9.10. The van der Waals surface area contributed by atoms with Crippen LogP contribution in [0.25, 0.3) is 22.3 Å². The predicted molar refractivity (Wildman–Crippen MR) is 125 cm³/mol. The normalized spacial score (nSPS) is 11.0. The molecule has 3 aromatic carbocycles. The summed E-state index contributed by atoms with van der Waals surface area (Å²) in [6.45, 7) is 1.14. The number of aromatic nitrogens is 2. The van der Waals surface area contributed by atoms with Gasteiger partial charge in [-0.25, -0.2) is 4.98 Å². The third-order valence-electron chi connectivity index (χ3n) is 4.83. The van der Waals surface area contributed by atoms with Crippen LogP contribution in [-0.4, -0.2) is 16.2 Å². The minimum Gasteiger partial charge on any atom is -0.492 e. The van der Waals surface area contributed by atoms with Crippen LogP contribution in [0.2, 0.25) is 5.02 Å². The van der Waals surface area contributed by atoms with Gasteiger partial charge in [-0.1, -0.05) is 35.9 Å². The number of hydrogen-bond donors (Lipinski definition) is 0. The Kier molecular flexibility index (Phi) is 6.50. The Bertz CT molecular complexity index is 1220. The molecule has 0 atom stereocenters. The molecule has 6 heteroatoms. The number of nitrogens with zero attached hydrogens (tertiary/aromatic N) is 2. The zero-order chi connectivity index (χ0) is 20.9. The van der Waals surface area contributed by atoms with Gasteiger partial charge in [0.2, 0.25) is 0 Å². The monoisotopic (exact) mass is 482 g/mol. The van der Waals surface area contributed by atoms with E-state index in [1.165, 1.54) is 0 Å². The van der Waals surface area contributed by atoms with E-state index in [2.05, 4.69) is 15.9 Å². The maximum absolute atomic E-state index is 13.2. The first-order chi connectivity index (χ1) is 14.6. The van der Waals surface area contributed by atoms with Crippen LogP contribution in [0.1, 0.15) is 12.8 Å². The van der Waals surface area contributed by atoms with Crippen LogP contribution in [0.4, 0.5) is 0 Å². The highest BCUT2D eigenvalue weighted by Gasteiger charge is 2.12. The number of para-hydroxylation sites is 2. The molecule has 0 aliphatic heterocycles. The largest absolute Gasteiger partial charge is 0.492 e. The molecule has 152 valence electrons. The van der Waals surface area contributed by atoms with E-state index in [0.29, 0.717) is 34.9 Å². The Morgan fingerprint density at radius 2 is 1.67 bits per heavy atom. The fourth-order valence-corrected chi connectivity index (χ4v) is 3.84. The van der Waals surface area contributed by atoms with Crippen molar-refractivity contribution in [1.29, 1.82) is 0 Å². The van der Waals surface area contributed by atoms with Gasteiger partial charge in [-0.05, 0) is 77.3 Å². The first kappa shape index (κ1) is 20.6. The maximum Gasteiger partial charge on any atom is 0.261 e. The van der Waals surface area contributed by atoms with Crippen molar-refractivity contribution in [3.63, 3.8) is 0 Å². The third kappa shape index (κ3) is 4.58. The summed E-state index contributed by atoms with van der Waals surface area (Å²) in [5.74, 6) is 1.48. The van der Waals surface area contributed by atoms with Crippen LogP contribution >= 0.6 is 27.5 Å². The topological polar surface area (TPSA) is 44.1 Å². The van der Waals surface area contributed by atoms with Crippen LogP contribution in [-0.2, 0) is 6.54 Å². The lowest BCUT2D eigenvalue weighted by atomic mass is 10.1. The SMILES string of the molecule is O=c1c2ccccc2nc(-c2ccc(Cl)cc2)n1CCCCOc1ccccc1Br. The van der Waals surface area contributed by atoms with E-state index in [1.807, 2.05) is 72.8 Å². The van der Waals surface area contributed by atoms with E-state index in [9.17, 15) is 4.79 Å². The van der Waals surface area contributed by atoms with E-state index in [-0.39, 0.29) is 5.56 Å². The molecule has 0 amide bonds. The Hall–Kier alpha value is -2.63. The minimum absolute atomic E-state index is 0.0303. The second-order valence-corrected chi connectivity index (χ2v) is 8.19. The molecule has 1 heterocycles. The zero-order valence-corrected chi connectivity index (χ0v) is 18.6. The van der Waals surface area contributed by atoms with E-state index < -0.39 is 0 Å². The molecule has 0 N–H and O–H groups in total. The lowest BCUT2D eigenvalue weighted by Crippen LogP contribution is -2.24. The molecule has 30 heavy (non-hydrogen) atoms. The van der Waals surface area contributed by atoms with Crippen molar-refractivity contribution in [3.05, 3.63) is 92.6 Å². The van der Waals surface area contributed by atoms with E-state index in [0.717, 1.165) is 28.6 Å². The van der Waals surface area contributed by atoms with Crippen LogP contribution in [0, 0.1) is 0 Å². The van der Waals surface area contributed by atoms with E-state index in [1.54, 1.807) is 4.57 Å². The number of hydrogen-bond acceptors (Lipinski definition) is 3. The smallest absolute Gasteiger partial charge is 0.261 e. The van der Waals surface area contributed by atoms with Gasteiger partial charge in [0.15, 0.2) is 0 Å². The average Bonchev–Trinajstić information content (AvgIpc) is 2.76. The van der Waals surface area contributed by atoms with Crippen LogP contribution < -0.4 is 10.3 Å². The van der Waals surface area contributed by atoms with E-state index in [4.69, 9.17) is 21.3 Å². The third-order valence-corrected chi connectivity index (χ3v) is 5.74. The van der Waals surface area contributed by atoms with Crippen molar-refractivity contribution in [2.45, 2.75) is 19.4 Å².